The number of carbonyl (C=O) groups excluding carboxylic acids is 1. The zero-order chi connectivity index (χ0) is 25.3. The van der Waals surface area contributed by atoms with Gasteiger partial charge in [0, 0.05) is 11.3 Å². The van der Waals surface area contributed by atoms with Crippen LogP contribution in [0.3, 0.4) is 0 Å². The molecular formula is C27H44O7. The molecule has 4 aliphatic carbocycles. The van der Waals surface area contributed by atoms with Crippen LogP contribution in [0.5, 0.6) is 0 Å². The zero-order valence-corrected chi connectivity index (χ0v) is 21.1. The number of fused-ring (bicyclic) bond motifs is 5. The minimum Gasteiger partial charge on any atom is -0.393 e. The third-order valence-corrected chi connectivity index (χ3v) is 10.8. The standard InChI is InChI=1S/C27H44O7/c1-15(20(29)7-8-24(2,33)14-28)16-6-10-27(34)18-11-21(30)19-12-22(31)23(32)13-25(19,3)17(18)5-9-26(16,27)4/h11,15-17,19-20,22-23,28-29,31-34H,5-10,12-14H2,1-4H3/t15-,16+,17-,19-,20?,22+,23-,24?,25+,26+,27+/m0/s1. The molecule has 194 valence electrons. The molecule has 0 spiro atoms. The fourth-order valence-electron chi connectivity index (χ4n) is 8.32. The first kappa shape index (κ1) is 26.2. The number of rotatable bonds is 6. The van der Waals surface area contributed by atoms with Crippen molar-refractivity contribution in [3.05, 3.63) is 11.6 Å². The van der Waals surface area contributed by atoms with Crippen molar-refractivity contribution in [2.24, 2.45) is 34.5 Å². The van der Waals surface area contributed by atoms with Crippen molar-refractivity contribution >= 4 is 5.78 Å². The highest BCUT2D eigenvalue weighted by atomic mass is 16.3. The van der Waals surface area contributed by atoms with Crippen LogP contribution in [0.25, 0.3) is 0 Å². The van der Waals surface area contributed by atoms with Gasteiger partial charge in [0.15, 0.2) is 5.78 Å². The summed E-state index contributed by atoms with van der Waals surface area (Å²) in [6.07, 6.45) is 3.32. The molecule has 6 N–H and O–H groups in total. The Morgan fingerprint density at radius 1 is 1.15 bits per heavy atom. The van der Waals surface area contributed by atoms with E-state index in [1.54, 1.807) is 13.0 Å². The number of allylic oxidation sites excluding steroid dienone is 1. The van der Waals surface area contributed by atoms with Gasteiger partial charge in [-0.25, -0.2) is 0 Å². The molecule has 4 rings (SSSR count). The van der Waals surface area contributed by atoms with E-state index in [-0.39, 0.29) is 42.5 Å². The summed E-state index contributed by atoms with van der Waals surface area (Å²) in [6.45, 7) is 7.34. The predicted molar refractivity (Wildman–Crippen MR) is 127 cm³/mol. The molecule has 0 saturated heterocycles. The molecule has 3 fully saturated rings. The second kappa shape index (κ2) is 8.63. The van der Waals surface area contributed by atoms with Crippen molar-refractivity contribution in [2.75, 3.05) is 6.61 Å². The number of hydrogen-bond acceptors (Lipinski definition) is 7. The van der Waals surface area contributed by atoms with Gasteiger partial charge in [-0.2, -0.15) is 0 Å². The Morgan fingerprint density at radius 3 is 2.47 bits per heavy atom. The first-order valence-electron chi connectivity index (χ1n) is 13.1. The Labute approximate surface area is 202 Å². The van der Waals surface area contributed by atoms with Crippen LogP contribution in [-0.2, 0) is 4.79 Å². The highest BCUT2D eigenvalue weighted by Gasteiger charge is 2.67. The molecule has 0 amide bonds. The van der Waals surface area contributed by atoms with Crippen LogP contribution in [0.15, 0.2) is 11.6 Å². The van der Waals surface area contributed by atoms with E-state index in [1.807, 2.05) is 13.8 Å². The average molecular weight is 481 g/mol. The largest absolute Gasteiger partial charge is 0.393 e. The van der Waals surface area contributed by atoms with Crippen molar-refractivity contribution in [2.45, 2.75) is 109 Å². The molecule has 2 unspecified atom stereocenters. The van der Waals surface area contributed by atoms with E-state index in [9.17, 15) is 35.4 Å². The Hall–Kier alpha value is -0.830. The molecule has 34 heavy (non-hydrogen) atoms. The summed E-state index contributed by atoms with van der Waals surface area (Å²) >= 11 is 0. The van der Waals surface area contributed by atoms with E-state index in [0.29, 0.717) is 25.7 Å². The molecule has 3 saturated carbocycles. The normalized spacial score (nSPS) is 47.6. The van der Waals surface area contributed by atoms with Crippen LogP contribution in [0.2, 0.25) is 0 Å². The molecular weight excluding hydrogens is 436 g/mol. The van der Waals surface area contributed by atoms with Gasteiger partial charge in [-0.3, -0.25) is 4.79 Å². The fourth-order valence-corrected chi connectivity index (χ4v) is 8.32. The predicted octanol–water partition coefficient (Wildman–Crippen LogP) is 1.71. The summed E-state index contributed by atoms with van der Waals surface area (Å²) in [5.74, 6) is -0.480. The van der Waals surface area contributed by atoms with Gasteiger partial charge in [0.1, 0.15) is 0 Å². The van der Waals surface area contributed by atoms with Gasteiger partial charge >= 0.3 is 0 Å². The van der Waals surface area contributed by atoms with Gasteiger partial charge in [0.2, 0.25) is 0 Å². The first-order chi connectivity index (χ1) is 15.7. The lowest BCUT2D eigenvalue weighted by atomic mass is 9.46. The quantitative estimate of drug-likeness (QED) is 0.340. The Morgan fingerprint density at radius 2 is 1.82 bits per heavy atom. The van der Waals surface area contributed by atoms with Gasteiger partial charge < -0.3 is 30.6 Å². The fraction of sp³-hybridized carbons (Fsp3) is 0.889. The Bertz CT molecular complexity index is 839. The summed E-state index contributed by atoms with van der Waals surface area (Å²) in [6, 6.07) is 0. The maximum atomic E-state index is 13.2. The maximum Gasteiger partial charge on any atom is 0.159 e. The maximum absolute atomic E-state index is 13.2. The van der Waals surface area contributed by atoms with Crippen molar-refractivity contribution in [1.29, 1.82) is 0 Å². The lowest BCUT2D eigenvalue weighted by Crippen LogP contribution is -2.61. The van der Waals surface area contributed by atoms with Crippen molar-refractivity contribution in [3.63, 3.8) is 0 Å². The molecule has 7 nitrogen and oxygen atoms in total. The molecule has 4 aliphatic rings. The minimum atomic E-state index is -1.23. The lowest BCUT2D eigenvalue weighted by molar-refractivity contribution is -0.154. The van der Waals surface area contributed by atoms with Crippen LogP contribution < -0.4 is 0 Å². The smallest absolute Gasteiger partial charge is 0.159 e. The van der Waals surface area contributed by atoms with E-state index in [4.69, 9.17) is 0 Å². The van der Waals surface area contributed by atoms with Gasteiger partial charge in [0.25, 0.3) is 0 Å². The topological polar surface area (TPSA) is 138 Å². The summed E-state index contributed by atoms with van der Waals surface area (Å²) in [5.41, 5.74) is -2.56. The Kier molecular flexibility index (Phi) is 6.66. The molecule has 0 bridgehead atoms. The number of aliphatic hydroxyl groups excluding tert-OH is 4. The van der Waals surface area contributed by atoms with Crippen molar-refractivity contribution in [1.82, 2.24) is 0 Å². The summed E-state index contributed by atoms with van der Waals surface area (Å²) in [4.78, 5) is 13.2. The zero-order valence-electron chi connectivity index (χ0n) is 21.1. The van der Waals surface area contributed by atoms with E-state index in [1.165, 1.54) is 0 Å². The average Bonchev–Trinajstić information content (AvgIpc) is 3.05. The van der Waals surface area contributed by atoms with Crippen LogP contribution in [0, 0.1) is 34.5 Å². The highest BCUT2D eigenvalue weighted by molar-refractivity contribution is 5.95. The summed E-state index contributed by atoms with van der Waals surface area (Å²) < 4.78 is 0. The van der Waals surface area contributed by atoms with Crippen molar-refractivity contribution in [3.8, 4) is 0 Å². The molecule has 0 aromatic rings. The number of carbonyl (C=O) groups is 1. The van der Waals surface area contributed by atoms with E-state index in [0.717, 1.165) is 24.8 Å². The molecule has 0 aromatic carbocycles. The lowest BCUT2D eigenvalue weighted by Gasteiger charge is -2.60. The van der Waals surface area contributed by atoms with Gasteiger partial charge in [-0.1, -0.05) is 20.8 Å². The van der Waals surface area contributed by atoms with E-state index < -0.39 is 40.3 Å². The van der Waals surface area contributed by atoms with E-state index in [2.05, 4.69) is 6.92 Å². The van der Waals surface area contributed by atoms with Gasteiger partial charge in [-0.15, -0.1) is 0 Å². The molecule has 0 radical (unpaired) electrons. The van der Waals surface area contributed by atoms with Crippen LogP contribution >= 0.6 is 0 Å². The molecule has 11 atom stereocenters. The van der Waals surface area contributed by atoms with Crippen LogP contribution in [0.1, 0.15) is 79.1 Å². The summed E-state index contributed by atoms with van der Waals surface area (Å²) in [5, 5.41) is 63.3. The molecule has 0 aliphatic heterocycles. The Balaban J connectivity index is 1.60. The van der Waals surface area contributed by atoms with Crippen LogP contribution in [-0.4, -0.2) is 72.5 Å². The third kappa shape index (κ3) is 3.82. The van der Waals surface area contributed by atoms with Gasteiger partial charge in [-0.05, 0) is 93.1 Å². The molecule has 7 heteroatoms. The highest BCUT2D eigenvalue weighted by Crippen LogP contribution is 2.68. The number of ketones is 1. The number of aliphatic hydroxyl groups is 6. The third-order valence-electron chi connectivity index (χ3n) is 10.8. The van der Waals surface area contributed by atoms with Crippen molar-refractivity contribution < 1.29 is 35.4 Å². The van der Waals surface area contributed by atoms with E-state index >= 15 is 0 Å². The number of hydrogen-bond donors (Lipinski definition) is 6. The monoisotopic (exact) mass is 480 g/mol. The minimum absolute atomic E-state index is 0.0194. The SMILES string of the molecule is C[C@H](C(O)CCC(C)(O)CO)[C@H]1CC[C@@]2(O)C3=CC(=O)[C@@H]4C[C@@H](O)[C@@H](O)C[C@]4(C)[C@H]3CC[C@]12C. The second-order valence-electron chi connectivity index (χ2n) is 12.8. The second-order valence-corrected chi connectivity index (χ2v) is 12.8. The molecule has 0 heterocycles. The molecule has 0 aromatic heterocycles. The van der Waals surface area contributed by atoms with Gasteiger partial charge in [0.05, 0.1) is 36.1 Å². The van der Waals surface area contributed by atoms with Crippen LogP contribution in [0.4, 0.5) is 0 Å². The first-order valence-corrected chi connectivity index (χ1v) is 13.1. The summed E-state index contributed by atoms with van der Waals surface area (Å²) in [7, 11) is 0.